The van der Waals surface area contributed by atoms with Crippen LogP contribution in [-0.4, -0.2) is 24.1 Å². The lowest BCUT2D eigenvalue weighted by atomic mass is 9.65. The van der Waals surface area contributed by atoms with Crippen LogP contribution in [0.2, 0.25) is 0 Å². The minimum absolute atomic E-state index is 0.00194. The van der Waals surface area contributed by atoms with Gasteiger partial charge in [0.05, 0.1) is 5.92 Å². The van der Waals surface area contributed by atoms with E-state index in [-0.39, 0.29) is 34.9 Å². The summed E-state index contributed by atoms with van der Waals surface area (Å²) in [7, 11) is 0. The number of para-hydroxylation sites is 1. The van der Waals surface area contributed by atoms with Gasteiger partial charge >= 0.3 is 0 Å². The van der Waals surface area contributed by atoms with Crippen molar-refractivity contribution < 1.29 is 23.9 Å². The molecule has 3 aliphatic rings. The predicted octanol–water partition coefficient (Wildman–Crippen LogP) is 6.72. The van der Waals surface area contributed by atoms with Crippen molar-refractivity contribution in [3.05, 3.63) is 81.8 Å². The minimum Gasteiger partial charge on any atom is -0.483 e. The molecule has 0 unspecified atom stereocenters. The van der Waals surface area contributed by atoms with E-state index in [1.165, 1.54) is 0 Å². The lowest BCUT2D eigenvalue weighted by Crippen LogP contribution is -2.37. The molecule has 1 aliphatic heterocycles. The van der Waals surface area contributed by atoms with Crippen molar-refractivity contribution in [3.8, 4) is 5.75 Å². The molecule has 2 aromatic carbocycles. The molecule has 0 aromatic heterocycles. The van der Waals surface area contributed by atoms with Crippen molar-refractivity contribution in [3.63, 3.8) is 0 Å². The number of carbonyl (C=O) groups is 3. The Hall–Kier alpha value is -3.67. The zero-order valence-electron chi connectivity index (χ0n) is 23.7. The molecular formula is C33H37NO5. The van der Waals surface area contributed by atoms with Crippen molar-refractivity contribution in [2.45, 2.75) is 73.1 Å². The van der Waals surface area contributed by atoms with E-state index >= 15 is 0 Å². The van der Waals surface area contributed by atoms with Crippen LogP contribution in [0.1, 0.15) is 76.0 Å². The third kappa shape index (κ3) is 5.29. The molecule has 0 radical (unpaired) electrons. The molecule has 6 nitrogen and oxygen atoms in total. The van der Waals surface area contributed by atoms with Crippen LogP contribution in [0.5, 0.6) is 5.75 Å². The van der Waals surface area contributed by atoms with E-state index in [9.17, 15) is 14.4 Å². The molecule has 1 heterocycles. The number of carbonyl (C=O) groups excluding carboxylic acids is 3. The molecule has 0 atom stereocenters. The quantitative estimate of drug-likeness (QED) is 0.467. The molecule has 6 heteroatoms. The van der Waals surface area contributed by atoms with E-state index in [0.29, 0.717) is 59.7 Å². The van der Waals surface area contributed by atoms with E-state index in [1.54, 1.807) is 6.07 Å². The number of amides is 1. The first-order valence-corrected chi connectivity index (χ1v) is 13.6. The Bertz CT molecular complexity index is 1390. The average molecular weight is 528 g/mol. The average Bonchev–Trinajstić information content (AvgIpc) is 2.83. The van der Waals surface area contributed by atoms with Crippen LogP contribution in [0.15, 0.2) is 65.1 Å². The second-order valence-corrected chi connectivity index (χ2v) is 12.7. The maximum Gasteiger partial charge on any atom is 0.262 e. The minimum atomic E-state index is -0.575. The summed E-state index contributed by atoms with van der Waals surface area (Å²) >= 11 is 0. The van der Waals surface area contributed by atoms with Gasteiger partial charge in [0.15, 0.2) is 18.2 Å². The van der Waals surface area contributed by atoms with Gasteiger partial charge in [-0.2, -0.15) is 0 Å². The highest BCUT2D eigenvalue weighted by Gasteiger charge is 2.48. The number of nitrogens with one attached hydrogen (secondary N) is 1. The fraction of sp³-hybridized carbons (Fsp3) is 0.424. The summed E-state index contributed by atoms with van der Waals surface area (Å²) in [5.74, 6) is 0.941. The topological polar surface area (TPSA) is 81.7 Å². The molecule has 204 valence electrons. The Morgan fingerprint density at radius 2 is 1.46 bits per heavy atom. The van der Waals surface area contributed by atoms with E-state index < -0.39 is 5.92 Å². The molecule has 0 fully saturated rings. The highest BCUT2D eigenvalue weighted by molar-refractivity contribution is 6.06. The van der Waals surface area contributed by atoms with Gasteiger partial charge in [-0.25, -0.2) is 0 Å². The number of rotatable bonds is 5. The van der Waals surface area contributed by atoms with Gasteiger partial charge in [0.1, 0.15) is 17.3 Å². The normalized spacial score (nSPS) is 20.3. The van der Waals surface area contributed by atoms with Crippen molar-refractivity contribution in [2.75, 3.05) is 11.9 Å². The molecule has 1 amide bonds. The summed E-state index contributed by atoms with van der Waals surface area (Å²) in [6, 6.07) is 13.2. The number of benzene rings is 2. The Balaban J connectivity index is 1.51. The Kier molecular flexibility index (Phi) is 6.78. The van der Waals surface area contributed by atoms with E-state index in [1.807, 2.05) is 50.2 Å². The maximum absolute atomic E-state index is 13.6. The van der Waals surface area contributed by atoms with E-state index in [2.05, 4.69) is 33.0 Å². The zero-order chi connectivity index (χ0) is 28.1. The number of aryl methyl sites for hydroxylation is 1. The van der Waals surface area contributed by atoms with Crippen LogP contribution >= 0.6 is 0 Å². The molecule has 2 aliphatic carbocycles. The van der Waals surface area contributed by atoms with Gasteiger partial charge in [-0.3, -0.25) is 14.4 Å². The van der Waals surface area contributed by atoms with Crippen LogP contribution in [-0.2, 0) is 19.1 Å². The Morgan fingerprint density at radius 1 is 0.872 bits per heavy atom. The standard InChI is InChI=1S/C33H37NO5/c1-19-10-9-12-22(20(19)2)34-28(37)18-38-25-13-8-7-11-21(25)29-30-23(35)14-32(3,4)16-26(30)39-27-17-33(5,6)15-24(36)31(27)29/h7-13,29H,14-18H2,1-6H3,(H,34,37). The first-order valence-electron chi connectivity index (χ1n) is 13.6. The highest BCUT2D eigenvalue weighted by Crippen LogP contribution is 2.54. The first-order chi connectivity index (χ1) is 18.3. The number of hydrogen-bond acceptors (Lipinski definition) is 5. The number of anilines is 1. The lowest BCUT2D eigenvalue weighted by Gasteiger charge is -2.43. The summed E-state index contributed by atoms with van der Waals surface area (Å²) in [4.78, 5) is 40.1. The number of ketones is 2. The second kappa shape index (κ2) is 9.82. The van der Waals surface area contributed by atoms with Gasteiger partial charge in [0.25, 0.3) is 5.91 Å². The Morgan fingerprint density at radius 3 is 2.08 bits per heavy atom. The molecule has 0 saturated heterocycles. The van der Waals surface area contributed by atoms with Crippen LogP contribution in [0, 0.1) is 24.7 Å². The van der Waals surface area contributed by atoms with Crippen LogP contribution in [0.3, 0.4) is 0 Å². The fourth-order valence-corrected chi connectivity index (χ4v) is 6.05. The third-order valence-corrected chi connectivity index (χ3v) is 8.05. The smallest absolute Gasteiger partial charge is 0.262 e. The van der Waals surface area contributed by atoms with Crippen molar-refractivity contribution in [1.82, 2.24) is 0 Å². The van der Waals surface area contributed by atoms with Crippen molar-refractivity contribution in [1.29, 1.82) is 0 Å². The highest BCUT2D eigenvalue weighted by atomic mass is 16.5. The Labute approximate surface area is 230 Å². The van der Waals surface area contributed by atoms with Crippen molar-refractivity contribution in [2.24, 2.45) is 10.8 Å². The molecule has 2 aromatic rings. The molecular weight excluding hydrogens is 490 g/mol. The molecule has 0 saturated carbocycles. The molecule has 1 N–H and O–H groups in total. The third-order valence-electron chi connectivity index (χ3n) is 8.05. The second-order valence-electron chi connectivity index (χ2n) is 12.7. The van der Waals surface area contributed by atoms with Gasteiger partial charge in [0.2, 0.25) is 0 Å². The van der Waals surface area contributed by atoms with Crippen LogP contribution < -0.4 is 10.1 Å². The summed E-state index contributed by atoms with van der Waals surface area (Å²) in [6.45, 7) is 12.0. The molecule has 39 heavy (non-hydrogen) atoms. The monoisotopic (exact) mass is 527 g/mol. The van der Waals surface area contributed by atoms with Gasteiger partial charge in [-0.1, -0.05) is 58.0 Å². The van der Waals surface area contributed by atoms with Gasteiger partial charge in [-0.05, 0) is 47.9 Å². The zero-order valence-corrected chi connectivity index (χ0v) is 23.7. The van der Waals surface area contributed by atoms with Gasteiger partial charge in [-0.15, -0.1) is 0 Å². The predicted molar refractivity (Wildman–Crippen MR) is 150 cm³/mol. The summed E-state index contributed by atoms with van der Waals surface area (Å²) in [5.41, 5.74) is 4.20. The van der Waals surface area contributed by atoms with Gasteiger partial charge < -0.3 is 14.8 Å². The van der Waals surface area contributed by atoms with E-state index in [4.69, 9.17) is 9.47 Å². The molecule has 0 bridgehead atoms. The largest absolute Gasteiger partial charge is 0.483 e. The van der Waals surface area contributed by atoms with Crippen LogP contribution in [0.25, 0.3) is 0 Å². The van der Waals surface area contributed by atoms with Crippen molar-refractivity contribution >= 4 is 23.2 Å². The van der Waals surface area contributed by atoms with Gasteiger partial charge in [0, 0.05) is 48.1 Å². The number of Topliss-reactive ketones (excluding diaryl/α,β-unsaturated/α-hetero) is 2. The van der Waals surface area contributed by atoms with Crippen LogP contribution in [0.4, 0.5) is 5.69 Å². The SMILES string of the molecule is Cc1cccc(NC(=O)COc2ccccc2C2C3=C(CC(C)(C)CC3=O)OC3=C2C(=O)CC(C)(C)C3)c1C. The molecule has 5 rings (SSSR count). The summed E-state index contributed by atoms with van der Waals surface area (Å²) < 4.78 is 12.5. The summed E-state index contributed by atoms with van der Waals surface area (Å²) in [6.07, 6.45) is 2.01. The number of allylic oxidation sites excluding steroid dienone is 4. The van der Waals surface area contributed by atoms with E-state index in [0.717, 1.165) is 16.8 Å². The summed E-state index contributed by atoms with van der Waals surface area (Å²) in [5, 5.41) is 2.93. The fourth-order valence-electron chi connectivity index (χ4n) is 6.05. The maximum atomic E-state index is 13.6. The lowest BCUT2D eigenvalue weighted by molar-refractivity contribution is -0.121. The molecule has 0 spiro atoms. The first kappa shape index (κ1) is 26.9. The number of hydrogen-bond donors (Lipinski definition) is 1. The number of ether oxygens (including phenoxy) is 2.